The van der Waals surface area contributed by atoms with Crippen molar-refractivity contribution in [2.75, 3.05) is 5.32 Å². The Morgan fingerprint density at radius 3 is 3.00 bits per heavy atom. The van der Waals surface area contributed by atoms with Gasteiger partial charge in [-0.3, -0.25) is 9.78 Å². The van der Waals surface area contributed by atoms with Gasteiger partial charge in [0.05, 0.1) is 15.0 Å². The molecule has 0 radical (unpaired) electrons. The normalized spacial score (nSPS) is 12.2. The lowest BCUT2D eigenvalue weighted by molar-refractivity contribution is -0.115. The maximum Gasteiger partial charge on any atom is 0.238 e. The standard InChI is InChI=1S/C9H10Br2N2O/c1-2-6(10)9(14)13-8-3-4-12-5-7(8)11/h3-6H,2H2,1H3,(H,12,13,14). The summed E-state index contributed by atoms with van der Waals surface area (Å²) in [6.45, 7) is 1.95. The van der Waals surface area contributed by atoms with E-state index < -0.39 is 0 Å². The van der Waals surface area contributed by atoms with Crippen molar-refractivity contribution in [1.82, 2.24) is 4.98 Å². The molecule has 1 aromatic heterocycles. The van der Waals surface area contributed by atoms with E-state index in [0.29, 0.717) is 0 Å². The van der Waals surface area contributed by atoms with Crippen LogP contribution in [0.2, 0.25) is 0 Å². The third-order valence-electron chi connectivity index (χ3n) is 1.67. The third kappa shape index (κ3) is 3.06. The van der Waals surface area contributed by atoms with E-state index in [1.807, 2.05) is 6.92 Å². The fraction of sp³-hybridized carbons (Fsp3) is 0.333. The van der Waals surface area contributed by atoms with Crippen molar-refractivity contribution in [3.8, 4) is 0 Å². The summed E-state index contributed by atoms with van der Waals surface area (Å²) in [5.41, 5.74) is 0.739. The van der Waals surface area contributed by atoms with Gasteiger partial charge in [-0.25, -0.2) is 0 Å². The summed E-state index contributed by atoms with van der Waals surface area (Å²) in [6.07, 6.45) is 4.04. The first-order valence-corrected chi connectivity index (χ1v) is 5.90. The molecule has 0 aliphatic rings. The lowest BCUT2D eigenvalue weighted by Gasteiger charge is -2.09. The highest BCUT2D eigenvalue weighted by Gasteiger charge is 2.13. The van der Waals surface area contributed by atoms with Crippen molar-refractivity contribution in [1.29, 1.82) is 0 Å². The van der Waals surface area contributed by atoms with Crippen LogP contribution in [-0.4, -0.2) is 15.7 Å². The number of halogens is 2. The maximum absolute atomic E-state index is 11.5. The second kappa shape index (κ2) is 5.46. The molecule has 1 amide bonds. The van der Waals surface area contributed by atoms with Gasteiger partial charge in [-0.2, -0.15) is 0 Å². The van der Waals surface area contributed by atoms with Crippen LogP contribution in [0.5, 0.6) is 0 Å². The van der Waals surface area contributed by atoms with Crippen LogP contribution in [0, 0.1) is 0 Å². The molecule has 1 heterocycles. The highest BCUT2D eigenvalue weighted by molar-refractivity contribution is 9.10. The minimum atomic E-state index is -0.150. The van der Waals surface area contributed by atoms with E-state index in [2.05, 4.69) is 42.2 Å². The van der Waals surface area contributed by atoms with Gasteiger partial charge in [-0.1, -0.05) is 22.9 Å². The average molecular weight is 322 g/mol. The van der Waals surface area contributed by atoms with Gasteiger partial charge in [0.2, 0.25) is 5.91 Å². The molecular formula is C9H10Br2N2O. The van der Waals surface area contributed by atoms with E-state index >= 15 is 0 Å². The number of carbonyl (C=O) groups excluding carboxylic acids is 1. The van der Waals surface area contributed by atoms with Gasteiger partial charge in [-0.15, -0.1) is 0 Å². The summed E-state index contributed by atoms with van der Waals surface area (Å²) in [6, 6.07) is 1.75. The Labute approximate surface area is 99.6 Å². The molecule has 0 bridgehead atoms. The number of aromatic nitrogens is 1. The van der Waals surface area contributed by atoms with Gasteiger partial charge >= 0.3 is 0 Å². The van der Waals surface area contributed by atoms with Crippen LogP contribution in [0.1, 0.15) is 13.3 Å². The van der Waals surface area contributed by atoms with Crippen LogP contribution < -0.4 is 5.32 Å². The van der Waals surface area contributed by atoms with E-state index in [1.54, 1.807) is 18.5 Å². The number of anilines is 1. The predicted molar refractivity (Wildman–Crippen MR) is 63.6 cm³/mol. The number of pyridine rings is 1. The van der Waals surface area contributed by atoms with Crippen LogP contribution in [0.15, 0.2) is 22.9 Å². The van der Waals surface area contributed by atoms with E-state index in [-0.39, 0.29) is 10.7 Å². The fourth-order valence-electron chi connectivity index (χ4n) is 0.873. The minimum Gasteiger partial charge on any atom is -0.324 e. The van der Waals surface area contributed by atoms with Crippen LogP contribution in [0.3, 0.4) is 0 Å². The summed E-state index contributed by atoms with van der Waals surface area (Å²) in [7, 11) is 0. The molecule has 1 aromatic rings. The fourth-order valence-corrected chi connectivity index (χ4v) is 1.34. The SMILES string of the molecule is CCC(Br)C(=O)Nc1ccncc1Br. The van der Waals surface area contributed by atoms with Gasteiger partial charge in [0.15, 0.2) is 0 Å². The van der Waals surface area contributed by atoms with Gasteiger partial charge in [0.25, 0.3) is 0 Å². The minimum absolute atomic E-state index is 0.0422. The van der Waals surface area contributed by atoms with E-state index in [1.165, 1.54) is 0 Å². The number of hydrogen-bond donors (Lipinski definition) is 1. The molecule has 1 atom stereocenters. The number of amides is 1. The summed E-state index contributed by atoms with van der Waals surface area (Å²) in [5, 5.41) is 2.79. The molecule has 0 spiro atoms. The first kappa shape index (κ1) is 11.7. The number of rotatable bonds is 3. The molecule has 1 rings (SSSR count). The zero-order valence-electron chi connectivity index (χ0n) is 7.63. The Balaban J connectivity index is 2.70. The Kier molecular flexibility index (Phi) is 4.54. The van der Waals surface area contributed by atoms with Crippen LogP contribution in [-0.2, 0) is 4.79 Å². The Morgan fingerprint density at radius 2 is 2.43 bits per heavy atom. The Bertz CT molecular complexity index is 330. The highest BCUT2D eigenvalue weighted by atomic mass is 79.9. The number of nitrogens with zero attached hydrogens (tertiary/aromatic N) is 1. The van der Waals surface area contributed by atoms with Crippen LogP contribution in [0.25, 0.3) is 0 Å². The van der Waals surface area contributed by atoms with Crippen molar-refractivity contribution in [2.45, 2.75) is 18.2 Å². The number of nitrogens with one attached hydrogen (secondary N) is 1. The molecule has 1 unspecified atom stereocenters. The predicted octanol–water partition coefficient (Wildman–Crippen LogP) is 2.96. The zero-order valence-corrected chi connectivity index (χ0v) is 10.8. The Morgan fingerprint density at radius 1 is 1.71 bits per heavy atom. The van der Waals surface area contributed by atoms with Crippen LogP contribution >= 0.6 is 31.9 Å². The maximum atomic E-state index is 11.5. The number of hydrogen-bond acceptors (Lipinski definition) is 2. The van der Waals surface area contributed by atoms with Crippen molar-refractivity contribution >= 4 is 43.5 Å². The molecule has 0 aromatic carbocycles. The molecular weight excluding hydrogens is 312 g/mol. The molecule has 0 fully saturated rings. The zero-order chi connectivity index (χ0) is 10.6. The van der Waals surface area contributed by atoms with E-state index in [0.717, 1.165) is 16.6 Å². The van der Waals surface area contributed by atoms with E-state index in [4.69, 9.17) is 0 Å². The van der Waals surface area contributed by atoms with Gasteiger partial charge < -0.3 is 5.32 Å². The number of carbonyl (C=O) groups is 1. The smallest absolute Gasteiger partial charge is 0.238 e. The third-order valence-corrected chi connectivity index (χ3v) is 3.37. The summed E-state index contributed by atoms with van der Waals surface area (Å²) >= 11 is 6.58. The molecule has 3 nitrogen and oxygen atoms in total. The first-order chi connectivity index (χ1) is 6.65. The Hall–Kier alpha value is -0.420. The van der Waals surface area contributed by atoms with E-state index in [9.17, 15) is 4.79 Å². The molecule has 0 aliphatic carbocycles. The molecule has 0 aliphatic heterocycles. The summed E-state index contributed by atoms with van der Waals surface area (Å²) in [4.78, 5) is 15.3. The summed E-state index contributed by atoms with van der Waals surface area (Å²) < 4.78 is 0.782. The van der Waals surface area contributed by atoms with Crippen molar-refractivity contribution in [3.05, 3.63) is 22.9 Å². The van der Waals surface area contributed by atoms with Gasteiger partial charge in [0.1, 0.15) is 0 Å². The first-order valence-electron chi connectivity index (χ1n) is 4.19. The lowest BCUT2D eigenvalue weighted by Crippen LogP contribution is -2.22. The second-order valence-electron chi connectivity index (χ2n) is 2.72. The highest BCUT2D eigenvalue weighted by Crippen LogP contribution is 2.20. The van der Waals surface area contributed by atoms with Crippen LogP contribution in [0.4, 0.5) is 5.69 Å². The average Bonchev–Trinajstić information content (AvgIpc) is 2.20. The largest absolute Gasteiger partial charge is 0.324 e. The van der Waals surface area contributed by atoms with Gasteiger partial charge in [-0.05, 0) is 28.4 Å². The quantitative estimate of drug-likeness (QED) is 0.870. The molecule has 5 heteroatoms. The molecule has 1 N–H and O–H groups in total. The second-order valence-corrected chi connectivity index (χ2v) is 4.68. The van der Waals surface area contributed by atoms with Gasteiger partial charge in [0, 0.05) is 12.4 Å². The molecule has 14 heavy (non-hydrogen) atoms. The van der Waals surface area contributed by atoms with Crippen molar-refractivity contribution in [3.63, 3.8) is 0 Å². The monoisotopic (exact) mass is 320 g/mol. The number of alkyl halides is 1. The topological polar surface area (TPSA) is 42.0 Å². The molecule has 0 saturated carbocycles. The van der Waals surface area contributed by atoms with Crippen molar-refractivity contribution in [2.24, 2.45) is 0 Å². The lowest BCUT2D eigenvalue weighted by atomic mass is 10.3. The molecule has 0 saturated heterocycles. The van der Waals surface area contributed by atoms with Crippen molar-refractivity contribution < 1.29 is 4.79 Å². The summed E-state index contributed by atoms with van der Waals surface area (Å²) in [5.74, 6) is -0.0422. The molecule has 76 valence electrons.